The van der Waals surface area contributed by atoms with Crippen molar-refractivity contribution in [1.82, 2.24) is 14.6 Å². The number of ether oxygens (including phenoxy) is 2. The zero-order chi connectivity index (χ0) is 30.4. The van der Waals surface area contributed by atoms with Gasteiger partial charge >= 0.3 is 13.8 Å². The number of phosphoric ester groups is 1. The first kappa shape index (κ1) is 29.9. The van der Waals surface area contributed by atoms with Crippen molar-refractivity contribution in [3.63, 3.8) is 0 Å². The van der Waals surface area contributed by atoms with E-state index in [0.717, 1.165) is 6.33 Å². The molecule has 42 heavy (non-hydrogen) atoms. The van der Waals surface area contributed by atoms with Gasteiger partial charge in [0.2, 0.25) is 5.60 Å². The van der Waals surface area contributed by atoms with Gasteiger partial charge in [0.05, 0.1) is 18.9 Å². The van der Waals surface area contributed by atoms with E-state index in [-0.39, 0.29) is 17.1 Å². The summed E-state index contributed by atoms with van der Waals surface area (Å²) in [5, 5.41) is 65.3. The highest BCUT2D eigenvalue weighted by atomic mass is 31.2. The Morgan fingerprint density at radius 3 is 2.57 bits per heavy atom. The van der Waals surface area contributed by atoms with Gasteiger partial charge in [-0.3, -0.25) is 9.05 Å². The minimum absolute atomic E-state index is 0.0128. The van der Waals surface area contributed by atoms with Crippen molar-refractivity contribution in [2.24, 2.45) is 0 Å². The summed E-state index contributed by atoms with van der Waals surface area (Å²) in [7, 11) is -4.91. The lowest BCUT2D eigenvalue weighted by Gasteiger charge is -2.24. The third-order valence-electron chi connectivity index (χ3n) is 6.99. The SMILES string of the molecule is N#C[C@@]1(c2ccc3c(N)ncnn23)O[C@H](COP(=O)(O)OC[C@H]2O[C@@H]([n+]3cccc(C(=O)O)c3)[C@H](O)[C@@H]2O)[C@@H](O)[C@H]1O. The Morgan fingerprint density at radius 2 is 1.88 bits per heavy atom. The molecule has 224 valence electrons. The van der Waals surface area contributed by atoms with Crippen molar-refractivity contribution in [3.8, 4) is 6.07 Å². The highest BCUT2D eigenvalue weighted by molar-refractivity contribution is 7.47. The number of fused-ring (bicyclic) bond motifs is 1. The molecule has 0 amide bonds. The summed E-state index contributed by atoms with van der Waals surface area (Å²) in [4.78, 5) is 25.3. The van der Waals surface area contributed by atoms with Gasteiger partial charge in [-0.25, -0.2) is 18.9 Å². The Labute approximate surface area is 235 Å². The lowest BCUT2D eigenvalue weighted by Crippen LogP contribution is -2.46. The molecule has 0 saturated carbocycles. The number of aliphatic hydroxyl groups excluding tert-OH is 4. The van der Waals surface area contributed by atoms with Crippen molar-refractivity contribution in [2.75, 3.05) is 18.9 Å². The van der Waals surface area contributed by atoms with Crippen LogP contribution in [0.3, 0.4) is 0 Å². The standard InChI is InChI=1S/C23H25N6O12P/c24-9-23(15-4-3-12-20(25)26-10-27-29(12)15)19(33)17(31)14(41-23)8-39-42(36,37)38-7-13-16(30)18(32)21(40-13)28-5-1-2-11(6-28)22(34)35/h1-6,10,13-14,16-19,21,30-33H,7-8H2,(H3-,25,26,27,34,35,36,37)/p+1/t13-,14-,16-,17-,18-,19-,21-,23+/m1/s1. The minimum atomic E-state index is -4.91. The van der Waals surface area contributed by atoms with Crippen LogP contribution in [-0.4, -0.2) is 101 Å². The largest absolute Gasteiger partial charge is 0.477 e. The van der Waals surface area contributed by atoms with Crippen LogP contribution in [-0.2, 0) is 28.7 Å². The molecule has 18 nitrogen and oxygen atoms in total. The molecule has 0 aromatic carbocycles. The number of aliphatic hydroxyl groups is 4. The Morgan fingerprint density at radius 1 is 1.17 bits per heavy atom. The van der Waals surface area contributed by atoms with Gasteiger partial charge < -0.3 is 45.6 Å². The van der Waals surface area contributed by atoms with E-state index in [0.29, 0.717) is 5.52 Å². The number of carboxylic acids is 1. The van der Waals surface area contributed by atoms with E-state index in [9.17, 15) is 45.0 Å². The third-order valence-corrected chi connectivity index (χ3v) is 7.94. The molecule has 0 spiro atoms. The van der Waals surface area contributed by atoms with Crippen LogP contribution in [0.4, 0.5) is 5.82 Å². The van der Waals surface area contributed by atoms with E-state index in [4.69, 9.17) is 24.3 Å². The molecular weight excluding hydrogens is 583 g/mol. The van der Waals surface area contributed by atoms with Gasteiger partial charge in [0, 0.05) is 6.07 Å². The lowest BCUT2D eigenvalue weighted by molar-refractivity contribution is -0.765. The fourth-order valence-electron chi connectivity index (χ4n) is 4.81. The van der Waals surface area contributed by atoms with Crippen LogP contribution in [0.1, 0.15) is 22.3 Å². The Bertz CT molecular complexity index is 1580. The number of aromatic carboxylic acids is 1. The molecule has 8 N–H and O–H groups in total. The number of phosphoric acid groups is 1. The van der Waals surface area contributed by atoms with Gasteiger partial charge in [0.1, 0.15) is 54.0 Å². The third kappa shape index (κ3) is 5.23. The van der Waals surface area contributed by atoms with Crippen molar-refractivity contribution in [1.29, 1.82) is 5.26 Å². The Hall–Kier alpha value is -3.60. The molecule has 9 atom stereocenters. The predicted octanol–water partition coefficient (Wildman–Crippen LogP) is -2.41. The van der Waals surface area contributed by atoms with Gasteiger partial charge in [-0.1, -0.05) is 0 Å². The number of nitrogens with zero attached hydrogens (tertiary/aromatic N) is 5. The van der Waals surface area contributed by atoms with Crippen LogP contribution >= 0.6 is 7.82 Å². The molecule has 0 aliphatic carbocycles. The number of pyridine rings is 1. The molecule has 2 fully saturated rings. The highest BCUT2D eigenvalue weighted by Crippen LogP contribution is 2.46. The summed E-state index contributed by atoms with van der Waals surface area (Å²) in [5.41, 5.74) is 3.86. The molecule has 2 aliphatic heterocycles. The Kier molecular flexibility index (Phi) is 8.00. The van der Waals surface area contributed by atoms with Gasteiger partial charge in [-0.2, -0.15) is 14.9 Å². The summed E-state index contributed by atoms with van der Waals surface area (Å²) in [6, 6.07) is 7.40. The van der Waals surface area contributed by atoms with Crippen LogP contribution < -0.4 is 10.3 Å². The van der Waals surface area contributed by atoms with E-state index < -0.39 is 75.5 Å². The maximum absolute atomic E-state index is 12.6. The number of hydrogen-bond acceptors (Lipinski definition) is 14. The molecule has 1 unspecified atom stereocenters. The molecule has 3 aromatic heterocycles. The first-order valence-electron chi connectivity index (χ1n) is 12.3. The lowest BCUT2D eigenvalue weighted by atomic mass is 9.92. The second-order valence-corrected chi connectivity index (χ2v) is 11.0. The van der Waals surface area contributed by atoms with E-state index in [1.165, 1.54) is 45.7 Å². The van der Waals surface area contributed by atoms with E-state index in [1.807, 2.05) is 6.07 Å². The van der Waals surface area contributed by atoms with Gasteiger partial charge in [0.25, 0.3) is 6.23 Å². The van der Waals surface area contributed by atoms with Crippen LogP contribution in [0.25, 0.3) is 5.52 Å². The summed E-state index contributed by atoms with van der Waals surface area (Å²) in [5.74, 6) is -1.15. The summed E-state index contributed by atoms with van der Waals surface area (Å²) < 4.78 is 36.1. The number of rotatable bonds is 9. The normalized spacial score (nSPS) is 32.5. The molecular formula is C23H26N6O12P+. The van der Waals surface area contributed by atoms with E-state index in [2.05, 4.69) is 10.1 Å². The second-order valence-electron chi connectivity index (χ2n) is 9.55. The number of nitriles is 1. The monoisotopic (exact) mass is 609 g/mol. The molecule has 0 bridgehead atoms. The van der Waals surface area contributed by atoms with Crippen molar-refractivity contribution in [3.05, 3.63) is 54.2 Å². The first-order valence-corrected chi connectivity index (χ1v) is 13.8. The van der Waals surface area contributed by atoms with Crippen LogP contribution in [0.5, 0.6) is 0 Å². The second kappa shape index (κ2) is 11.2. The van der Waals surface area contributed by atoms with Crippen LogP contribution in [0.15, 0.2) is 43.0 Å². The van der Waals surface area contributed by atoms with E-state index in [1.54, 1.807) is 0 Å². The average Bonchev–Trinajstić information content (AvgIpc) is 3.61. The highest BCUT2D eigenvalue weighted by Gasteiger charge is 2.58. The fraction of sp³-hybridized carbons (Fsp3) is 0.435. The average molecular weight is 609 g/mol. The maximum Gasteiger partial charge on any atom is 0.472 e. The topological polar surface area (TPSA) is 276 Å². The zero-order valence-corrected chi connectivity index (χ0v) is 22.3. The number of aromatic nitrogens is 4. The van der Waals surface area contributed by atoms with Crippen molar-refractivity contribution in [2.45, 2.75) is 48.5 Å². The summed E-state index contributed by atoms with van der Waals surface area (Å²) in [6.45, 7) is -1.55. The Balaban J connectivity index is 1.23. The predicted molar refractivity (Wildman–Crippen MR) is 133 cm³/mol. The molecule has 5 heterocycles. The van der Waals surface area contributed by atoms with Crippen molar-refractivity contribution >= 4 is 25.1 Å². The summed E-state index contributed by atoms with van der Waals surface area (Å²) in [6.07, 6.45) is -7.06. The number of carbonyl (C=O) groups is 1. The van der Waals surface area contributed by atoms with Gasteiger partial charge in [0.15, 0.2) is 24.3 Å². The number of anilines is 1. The van der Waals surface area contributed by atoms with Crippen LogP contribution in [0.2, 0.25) is 0 Å². The van der Waals surface area contributed by atoms with Gasteiger partial charge in [-0.05, 0) is 18.2 Å². The molecule has 3 aromatic rings. The molecule has 2 aliphatic rings. The molecule has 2 saturated heterocycles. The fourth-order valence-corrected chi connectivity index (χ4v) is 5.56. The number of hydrogen-bond donors (Lipinski definition) is 7. The summed E-state index contributed by atoms with van der Waals surface area (Å²) >= 11 is 0. The van der Waals surface area contributed by atoms with Gasteiger partial charge in [-0.15, -0.1) is 0 Å². The number of nitrogen functional groups attached to an aromatic ring is 1. The number of nitrogens with two attached hydrogens (primary N) is 1. The molecule has 19 heteroatoms. The molecule has 5 rings (SSSR count). The quantitative estimate of drug-likeness (QED) is 0.0982. The van der Waals surface area contributed by atoms with Crippen LogP contribution in [0, 0.1) is 11.3 Å². The van der Waals surface area contributed by atoms with E-state index >= 15 is 0 Å². The zero-order valence-electron chi connectivity index (χ0n) is 21.4. The smallest absolute Gasteiger partial charge is 0.472 e. The van der Waals surface area contributed by atoms with Crippen molar-refractivity contribution < 1.29 is 62.9 Å². The maximum atomic E-state index is 12.6. The minimum Gasteiger partial charge on any atom is -0.477 e. The number of carboxylic acid groups (broad SMARTS) is 1. The molecule has 0 radical (unpaired) electrons. The first-order chi connectivity index (χ1) is 19.9.